The van der Waals surface area contributed by atoms with E-state index >= 15 is 0 Å². The summed E-state index contributed by atoms with van der Waals surface area (Å²) in [6.07, 6.45) is 0.214. The third-order valence-electron chi connectivity index (χ3n) is 9.21. The van der Waals surface area contributed by atoms with Gasteiger partial charge in [0.05, 0.1) is 35.1 Å². The Morgan fingerprint density at radius 3 is 2.33 bits per heavy atom. The number of anilines is 1. The number of nitrogens with one attached hydrogen (secondary N) is 1. The second-order valence-corrected chi connectivity index (χ2v) is 11.2. The molecule has 2 aliphatic carbocycles. The number of phenols is 4. The lowest BCUT2D eigenvalue weighted by atomic mass is 9.75. The van der Waals surface area contributed by atoms with Crippen molar-refractivity contribution in [1.29, 1.82) is 0 Å². The Kier molecular flexibility index (Phi) is 4.93. The van der Waals surface area contributed by atoms with E-state index in [2.05, 4.69) is 5.32 Å². The Labute approximate surface area is 244 Å². The van der Waals surface area contributed by atoms with Crippen LogP contribution in [0, 0.1) is 6.92 Å². The molecule has 10 heteroatoms. The lowest BCUT2D eigenvalue weighted by molar-refractivity contribution is 0.0971. The van der Waals surface area contributed by atoms with Crippen LogP contribution in [0.15, 0.2) is 36.4 Å². The first-order chi connectivity index (χ1) is 20.6. The molecule has 5 N–H and O–H groups in total. The molecule has 4 aliphatic rings. The van der Waals surface area contributed by atoms with Gasteiger partial charge in [0.25, 0.3) is 5.91 Å². The van der Waals surface area contributed by atoms with Crippen LogP contribution in [0.4, 0.5) is 5.69 Å². The van der Waals surface area contributed by atoms with Gasteiger partial charge in [-0.25, -0.2) is 0 Å². The summed E-state index contributed by atoms with van der Waals surface area (Å²) in [5.41, 5.74) is 2.69. The largest absolute Gasteiger partial charge is 0.508 e. The van der Waals surface area contributed by atoms with E-state index in [0.29, 0.717) is 36.1 Å². The number of methoxy groups -OCH3 is 1. The van der Waals surface area contributed by atoms with Crippen molar-refractivity contribution in [3.63, 3.8) is 0 Å². The summed E-state index contributed by atoms with van der Waals surface area (Å²) in [7, 11) is 1.34. The summed E-state index contributed by atoms with van der Waals surface area (Å²) >= 11 is 0. The van der Waals surface area contributed by atoms with Crippen molar-refractivity contribution in [3.8, 4) is 39.9 Å². The molecule has 8 rings (SSSR count). The van der Waals surface area contributed by atoms with Crippen molar-refractivity contribution in [2.75, 3.05) is 12.0 Å². The number of phenolic OH excluding ortho intramolecular Hbond substituents is 4. The van der Waals surface area contributed by atoms with Crippen LogP contribution < -0.4 is 15.0 Å². The first-order valence-electron chi connectivity index (χ1n) is 13.8. The lowest BCUT2D eigenvalue weighted by Crippen LogP contribution is -2.41. The number of benzene rings is 4. The fourth-order valence-electron chi connectivity index (χ4n) is 7.21. The maximum atomic E-state index is 13.9. The third kappa shape index (κ3) is 2.97. The average Bonchev–Trinajstić information content (AvgIpc) is 3.30. The predicted octanol–water partition coefficient (Wildman–Crippen LogP) is 4.13. The van der Waals surface area contributed by atoms with Gasteiger partial charge in [-0.05, 0) is 43.0 Å². The zero-order valence-electron chi connectivity index (χ0n) is 23.0. The number of amides is 1. The van der Waals surface area contributed by atoms with E-state index < -0.39 is 35.1 Å². The number of aromatic hydroxyl groups is 4. The van der Waals surface area contributed by atoms with Gasteiger partial charge in [-0.1, -0.05) is 24.3 Å². The van der Waals surface area contributed by atoms with Gasteiger partial charge in [-0.15, -0.1) is 0 Å². The van der Waals surface area contributed by atoms with Crippen LogP contribution >= 0.6 is 0 Å². The minimum atomic E-state index is -0.796. The van der Waals surface area contributed by atoms with Gasteiger partial charge in [-0.2, -0.15) is 0 Å². The lowest BCUT2D eigenvalue weighted by Gasteiger charge is -2.33. The van der Waals surface area contributed by atoms with Crippen molar-refractivity contribution in [2.45, 2.75) is 32.5 Å². The third-order valence-corrected chi connectivity index (χ3v) is 9.21. The number of aryl methyl sites for hydroxylation is 1. The number of para-hydroxylation sites is 1. The molecule has 1 atom stereocenters. The number of ether oxygens (including phenoxy) is 1. The van der Waals surface area contributed by atoms with E-state index in [-0.39, 0.29) is 61.8 Å². The number of rotatable bonds is 1. The molecule has 4 aromatic rings. The summed E-state index contributed by atoms with van der Waals surface area (Å²) in [6.45, 7) is 1.96. The normalized spacial score (nSPS) is 17.4. The highest BCUT2D eigenvalue weighted by Gasteiger charge is 2.46. The second kappa shape index (κ2) is 8.36. The fraction of sp³-hybridized carbons (Fsp3) is 0.182. The van der Waals surface area contributed by atoms with Gasteiger partial charge < -0.3 is 25.2 Å². The molecule has 0 radical (unpaired) electrons. The van der Waals surface area contributed by atoms with Crippen LogP contribution in [-0.2, 0) is 19.4 Å². The molecule has 10 nitrogen and oxygen atoms in total. The van der Waals surface area contributed by atoms with E-state index in [0.717, 1.165) is 17.3 Å². The molecular weight excluding hydrogens is 552 g/mol. The molecule has 1 amide bonds. The van der Waals surface area contributed by atoms with Gasteiger partial charge in [0.2, 0.25) is 5.78 Å². The Hall–Kier alpha value is -5.35. The number of ketones is 2. The topological polar surface area (TPSA) is 157 Å². The van der Waals surface area contributed by atoms with Gasteiger partial charge >= 0.3 is 0 Å². The van der Waals surface area contributed by atoms with E-state index in [1.165, 1.54) is 14.0 Å². The molecule has 43 heavy (non-hydrogen) atoms. The van der Waals surface area contributed by atoms with E-state index in [9.17, 15) is 34.8 Å². The number of carbonyl (C=O) groups is 3. The van der Waals surface area contributed by atoms with Gasteiger partial charge in [-0.3, -0.25) is 24.6 Å². The predicted molar refractivity (Wildman–Crippen MR) is 153 cm³/mol. The standard InChI is InChI=1S/C33H24N2O8/c1-12-19(36)10-16-22(26(12)37)30(41)25-24(27(16)38)29(40)21-15(31(25)43-2)8-7-13-9-17-23(28(39)20(13)21)33(42)35-18-6-4-3-5-14(18)11-34-32(17)35/h3-6,9-10,32,34,36-37,39-40H,7-8,11H2,1-2H3. The maximum Gasteiger partial charge on any atom is 0.264 e. The monoisotopic (exact) mass is 576 g/mol. The Morgan fingerprint density at radius 1 is 0.814 bits per heavy atom. The van der Waals surface area contributed by atoms with Crippen molar-refractivity contribution in [2.24, 2.45) is 0 Å². The smallest absolute Gasteiger partial charge is 0.264 e. The van der Waals surface area contributed by atoms with Crippen LogP contribution in [0.2, 0.25) is 0 Å². The molecule has 2 heterocycles. The molecule has 0 bridgehead atoms. The van der Waals surface area contributed by atoms with Crippen LogP contribution in [0.3, 0.4) is 0 Å². The SMILES string of the molecule is COc1c2c(c(O)c3c1C(=O)c1c(cc(O)c(C)c1O)C3=O)-c1c(cc3c(c1O)C(=O)N1c4ccccc4CNC31)CC2. The molecule has 4 aromatic carbocycles. The zero-order valence-corrected chi connectivity index (χ0v) is 23.0. The zero-order chi connectivity index (χ0) is 30.1. The molecule has 214 valence electrons. The summed E-state index contributed by atoms with van der Waals surface area (Å²) in [6, 6.07) is 10.5. The van der Waals surface area contributed by atoms with Crippen LogP contribution in [-0.4, -0.2) is 45.0 Å². The number of hydrogen-bond donors (Lipinski definition) is 5. The number of carbonyl (C=O) groups excluding carboxylic acids is 3. The van der Waals surface area contributed by atoms with Gasteiger partial charge in [0, 0.05) is 39.9 Å². The fourth-order valence-corrected chi connectivity index (χ4v) is 7.21. The first kappa shape index (κ1) is 25.4. The van der Waals surface area contributed by atoms with Gasteiger partial charge in [0.1, 0.15) is 34.9 Å². The molecule has 0 saturated heterocycles. The number of nitrogens with zero attached hydrogens (tertiary/aromatic N) is 1. The van der Waals surface area contributed by atoms with Crippen LogP contribution in [0.1, 0.15) is 76.2 Å². The van der Waals surface area contributed by atoms with Crippen molar-refractivity contribution >= 4 is 23.2 Å². The van der Waals surface area contributed by atoms with Gasteiger partial charge in [0.15, 0.2) is 5.78 Å². The summed E-state index contributed by atoms with van der Waals surface area (Å²) in [5, 5.41) is 48.0. The second-order valence-electron chi connectivity index (χ2n) is 11.2. The quantitative estimate of drug-likeness (QED) is 0.198. The highest BCUT2D eigenvalue weighted by molar-refractivity contribution is 6.32. The maximum absolute atomic E-state index is 13.9. The summed E-state index contributed by atoms with van der Waals surface area (Å²) < 4.78 is 5.70. The molecule has 1 unspecified atom stereocenters. The summed E-state index contributed by atoms with van der Waals surface area (Å²) in [4.78, 5) is 43.1. The van der Waals surface area contributed by atoms with Crippen molar-refractivity contribution < 1.29 is 39.5 Å². The average molecular weight is 577 g/mol. The molecule has 2 aliphatic heterocycles. The molecule has 0 saturated carbocycles. The summed E-state index contributed by atoms with van der Waals surface area (Å²) in [5.74, 6) is -3.67. The molecular formula is C33H24N2O8. The van der Waals surface area contributed by atoms with Crippen molar-refractivity contribution in [1.82, 2.24) is 5.32 Å². The molecule has 0 spiro atoms. The highest BCUT2D eigenvalue weighted by atomic mass is 16.5. The minimum absolute atomic E-state index is 0.0373. The van der Waals surface area contributed by atoms with E-state index in [1.54, 1.807) is 4.90 Å². The molecule has 0 fully saturated rings. The van der Waals surface area contributed by atoms with E-state index in [1.807, 2.05) is 30.3 Å². The Morgan fingerprint density at radius 2 is 1.56 bits per heavy atom. The number of fused-ring (bicyclic) bond motifs is 10. The number of hydrogen-bond acceptors (Lipinski definition) is 9. The highest BCUT2D eigenvalue weighted by Crippen LogP contribution is 2.56. The van der Waals surface area contributed by atoms with Crippen molar-refractivity contribution in [3.05, 3.63) is 92.0 Å². The van der Waals surface area contributed by atoms with Crippen LogP contribution in [0.25, 0.3) is 11.1 Å². The first-order valence-corrected chi connectivity index (χ1v) is 13.8. The Bertz CT molecular complexity index is 2050. The molecule has 0 aromatic heterocycles. The van der Waals surface area contributed by atoms with Crippen LogP contribution in [0.5, 0.6) is 28.7 Å². The van der Waals surface area contributed by atoms with E-state index in [4.69, 9.17) is 4.74 Å². The Balaban J connectivity index is 1.38. The minimum Gasteiger partial charge on any atom is -0.508 e.